The van der Waals surface area contributed by atoms with Gasteiger partial charge in [-0.1, -0.05) is 56.4 Å². The van der Waals surface area contributed by atoms with E-state index in [1.165, 1.54) is 34.5 Å². The summed E-state index contributed by atoms with van der Waals surface area (Å²) < 4.78 is 48.5. The van der Waals surface area contributed by atoms with Crippen molar-refractivity contribution in [2.45, 2.75) is 138 Å². The quantitative estimate of drug-likeness (QED) is 0.268. The standard InChI is InChI=1S/C43H53FN8O9S/c44-32-14-9-12-27-23-51(25-31(27)32)42(58)61-29-20-35-38(54)49-43(41(57)50-62(59,60)30-16-17-30)21-28(43)13-7-2-1-3-8-15-33(40(56)52(35)24-29)47-39(55)36(26-10-5-4-6-11-26)48-37(53)34-22-45-18-19-46-34/h7,9,12-14,18-19,22,26,28-30,33,35-36H,1-6,8,10-11,15-17,20-21,23-25H2,(H,47,55)(H,48,53)(H,49,54)(H,50,57)/b13-7-/t28-,29-,33+,35?,36+,43-/m1/s1. The minimum atomic E-state index is -3.97. The van der Waals surface area contributed by atoms with Crippen LogP contribution in [0.1, 0.15) is 112 Å². The van der Waals surface area contributed by atoms with Gasteiger partial charge in [0.15, 0.2) is 0 Å². The van der Waals surface area contributed by atoms with Crippen LogP contribution in [0.3, 0.4) is 0 Å². The van der Waals surface area contributed by atoms with Crippen LogP contribution in [0.25, 0.3) is 0 Å². The molecule has 6 atom stereocenters. The number of amides is 6. The average Bonchev–Trinajstić information content (AvgIpc) is 4.15. The Morgan fingerprint density at radius 3 is 2.48 bits per heavy atom. The van der Waals surface area contributed by atoms with Gasteiger partial charge in [0.25, 0.3) is 11.8 Å². The molecule has 1 aromatic heterocycles. The first-order chi connectivity index (χ1) is 29.8. The summed E-state index contributed by atoms with van der Waals surface area (Å²) in [7, 11) is -3.97. The Bertz CT molecular complexity index is 2220. The number of carbonyl (C=O) groups is 6. The number of fused-ring (bicyclic) bond motifs is 3. The second-order valence-corrected chi connectivity index (χ2v) is 19.5. The lowest BCUT2D eigenvalue weighted by Crippen LogP contribution is -2.60. The van der Waals surface area contributed by atoms with E-state index in [0.29, 0.717) is 62.5 Å². The third-order valence-corrected chi connectivity index (χ3v) is 14.9. The minimum absolute atomic E-state index is 0.0277. The number of rotatable bonds is 9. The number of hydrogen-bond acceptors (Lipinski definition) is 11. The summed E-state index contributed by atoms with van der Waals surface area (Å²) in [6, 6.07) is 1.14. The molecule has 4 heterocycles. The first-order valence-corrected chi connectivity index (χ1v) is 23.3. The van der Waals surface area contributed by atoms with E-state index in [4.69, 9.17) is 4.74 Å². The molecular formula is C43H53FN8O9S. The first kappa shape index (κ1) is 43.2. The third kappa shape index (κ3) is 9.46. The number of nitrogens with one attached hydrogen (secondary N) is 4. The van der Waals surface area contributed by atoms with Crippen LogP contribution in [0, 0.1) is 17.7 Å². The number of sulfonamides is 1. The highest BCUT2D eigenvalue weighted by atomic mass is 32.2. The SMILES string of the molecule is O=C(N[C@H](C(=O)N[C@H]1CCCCC/C=C\[C@@H]2C[C@@]2(C(=O)NS(=O)(=O)C2CC2)NC(=O)C2C[C@@H](OC(=O)N3Cc4cccc(F)c4C3)CN2C1=O)C1CCCCC1)c1cnccn1. The van der Waals surface area contributed by atoms with Gasteiger partial charge in [-0.05, 0) is 68.9 Å². The van der Waals surface area contributed by atoms with E-state index >= 15 is 0 Å². The molecule has 2 aromatic rings. The molecule has 0 spiro atoms. The van der Waals surface area contributed by atoms with Crippen molar-refractivity contribution < 1.29 is 46.3 Å². The molecule has 0 bridgehead atoms. The van der Waals surface area contributed by atoms with Crippen molar-refractivity contribution in [1.29, 1.82) is 0 Å². The lowest BCUT2D eigenvalue weighted by atomic mass is 9.83. The summed E-state index contributed by atoms with van der Waals surface area (Å²) in [4.78, 5) is 95.2. The van der Waals surface area contributed by atoms with Crippen LogP contribution in [0.5, 0.6) is 0 Å². The molecular weight excluding hydrogens is 824 g/mol. The summed E-state index contributed by atoms with van der Waals surface area (Å²) in [5.41, 5.74) is -0.568. The van der Waals surface area contributed by atoms with E-state index in [9.17, 15) is 41.6 Å². The van der Waals surface area contributed by atoms with Crippen molar-refractivity contribution in [3.8, 4) is 0 Å². The summed E-state index contributed by atoms with van der Waals surface area (Å²) in [5.74, 6) is -4.56. The molecule has 3 saturated carbocycles. The molecule has 8 rings (SSSR count). The molecule has 62 heavy (non-hydrogen) atoms. The van der Waals surface area contributed by atoms with Crippen molar-refractivity contribution in [2.24, 2.45) is 11.8 Å². The Kier molecular flexibility index (Phi) is 12.6. The summed E-state index contributed by atoms with van der Waals surface area (Å²) in [6.07, 6.45) is 13.7. The number of carbonyl (C=O) groups excluding carboxylic acids is 6. The van der Waals surface area contributed by atoms with Gasteiger partial charge in [0, 0.05) is 36.8 Å². The van der Waals surface area contributed by atoms with Gasteiger partial charge in [-0.25, -0.2) is 22.6 Å². The number of halogens is 1. The number of benzene rings is 1. The highest BCUT2D eigenvalue weighted by Gasteiger charge is 2.62. The molecule has 17 nitrogen and oxygen atoms in total. The van der Waals surface area contributed by atoms with Gasteiger partial charge in [0.1, 0.15) is 41.3 Å². The molecule has 4 fully saturated rings. The van der Waals surface area contributed by atoms with E-state index in [1.54, 1.807) is 12.1 Å². The van der Waals surface area contributed by atoms with Gasteiger partial charge < -0.3 is 25.6 Å². The van der Waals surface area contributed by atoms with E-state index in [-0.39, 0.29) is 50.5 Å². The number of hydrogen-bond donors (Lipinski definition) is 4. The monoisotopic (exact) mass is 876 g/mol. The maximum Gasteiger partial charge on any atom is 0.410 e. The Labute approximate surface area is 359 Å². The zero-order valence-electron chi connectivity index (χ0n) is 34.4. The lowest BCUT2D eigenvalue weighted by Gasteiger charge is -2.33. The Hall–Kier alpha value is -5.46. The summed E-state index contributed by atoms with van der Waals surface area (Å²) in [5, 5.41) is 7.92. The highest BCUT2D eigenvalue weighted by Crippen LogP contribution is 2.46. The second kappa shape index (κ2) is 18.1. The zero-order chi connectivity index (χ0) is 43.6. The van der Waals surface area contributed by atoms with Crippen LogP contribution < -0.4 is 20.7 Å². The van der Waals surface area contributed by atoms with E-state index in [0.717, 1.165) is 19.3 Å². The van der Waals surface area contributed by atoms with Crippen LogP contribution in [0.2, 0.25) is 0 Å². The van der Waals surface area contributed by atoms with Gasteiger partial charge in [-0.2, -0.15) is 0 Å². The van der Waals surface area contributed by atoms with Crippen LogP contribution in [0.15, 0.2) is 48.9 Å². The largest absolute Gasteiger partial charge is 0.444 e. The molecule has 6 amide bonds. The average molecular weight is 877 g/mol. The van der Waals surface area contributed by atoms with Crippen molar-refractivity contribution in [1.82, 2.24) is 40.4 Å². The van der Waals surface area contributed by atoms with Crippen molar-refractivity contribution in [3.63, 3.8) is 0 Å². The van der Waals surface area contributed by atoms with Gasteiger partial charge in [0.05, 0.1) is 24.5 Å². The first-order valence-electron chi connectivity index (χ1n) is 21.8. The molecule has 0 radical (unpaired) electrons. The van der Waals surface area contributed by atoms with Crippen LogP contribution in [0.4, 0.5) is 9.18 Å². The van der Waals surface area contributed by atoms with Crippen LogP contribution in [-0.2, 0) is 47.0 Å². The second-order valence-electron chi connectivity index (χ2n) is 17.5. The van der Waals surface area contributed by atoms with E-state index in [1.807, 2.05) is 12.2 Å². The number of allylic oxidation sites excluding steroid dienone is 1. The number of ether oxygens (including phenoxy) is 1. The molecule has 3 aliphatic heterocycles. The topological polar surface area (TPSA) is 226 Å². The van der Waals surface area contributed by atoms with Gasteiger partial charge in [0.2, 0.25) is 27.7 Å². The van der Waals surface area contributed by atoms with Crippen LogP contribution in [-0.4, -0.2) is 105 Å². The molecule has 4 N–H and O–H groups in total. The van der Waals surface area contributed by atoms with Gasteiger partial charge in [-0.15, -0.1) is 0 Å². The number of aromatic nitrogens is 2. The number of nitrogens with zero attached hydrogens (tertiary/aromatic N) is 4. The fourth-order valence-electron chi connectivity index (χ4n) is 9.33. The third-order valence-electron chi connectivity index (χ3n) is 13.1. The van der Waals surface area contributed by atoms with Crippen molar-refractivity contribution in [2.75, 3.05) is 6.54 Å². The fraction of sp³-hybridized carbons (Fsp3) is 0.581. The lowest BCUT2D eigenvalue weighted by molar-refractivity contribution is -0.143. The zero-order valence-corrected chi connectivity index (χ0v) is 35.2. The normalized spacial score (nSPS) is 27.8. The predicted octanol–water partition coefficient (Wildman–Crippen LogP) is 2.90. The summed E-state index contributed by atoms with van der Waals surface area (Å²) in [6.45, 7) is -0.163. The molecule has 1 unspecified atom stereocenters. The summed E-state index contributed by atoms with van der Waals surface area (Å²) >= 11 is 0. The minimum Gasteiger partial charge on any atom is -0.444 e. The predicted molar refractivity (Wildman–Crippen MR) is 219 cm³/mol. The van der Waals surface area contributed by atoms with Crippen molar-refractivity contribution in [3.05, 3.63) is 71.6 Å². The Balaban J connectivity index is 1.06. The Morgan fingerprint density at radius 1 is 0.968 bits per heavy atom. The highest BCUT2D eigenvalue weighted by molar-refractivity contribution is 7.91. The fourth-order valence-corrected chi connectivity index (χ4v) is 10.7. The molecule has 1 aromatic carbocycles. The molecule has 19 heteroatoms. The van der Waals surface area contributed by atoms with Gasteiger partial charge in [-0.3, -0.25) is 38.6 Å². The van der Waals surface area contributed by atoms with Crippen molar-refractivity contribution >= 4 is 45.7 Å². The van der Waals surface area contributed by atoms with Crippen LogP contribution >= 0.6 is 0 Å². The van der Waals surface area contributed by atoms with E-state index < -0.39 is 92.4 Å². The Morgan fingerprint density at radius 2 is 1.74 bits per heavy atom. The maximum absolute atomic E-state index is 14.9. The maximum atomic E-state index is 14.9. The molecule has 1 saturated heterocycles. The molecule has 332 valence electrons. The van der Waals surface area contributed by atoms with E-state index in [2.05, 4.69) is 30.6 Å². The molecule has 3 aliphatic carbocycles. The smallest absolute Gasteiger partial charge is 0.410 e. The van der Waals surface area contributed by atoms with Gasteiger partial charge >= 0.3 is 6.09 Å². The molecule has 6 aliphatic rings.